The fourth-order valence-electron chi connectivity index (χ4n) is 2.96. The van der Waals surface area contributed by atoms with Crippen molar-refractivity contribution in [2.75, 3.05) is 6.61 Å². The number of halogens is 1. The Balaban J connectivity index is 1.65. The maximum Gasteiger partial charge on any atom is 0.374 e. The van der Waals surface area contributed by atoms with Gasteiger partial charge in [0, 0.05) is 11.1 Å². The number of ether oxygens (including phenoxy) is 1. The monoisotopic (exact) mass is 413 g/mol. The maximum atomic E-state index is 12.3. The Morgan fingerprint density at radius 3 is 2.62 bits per heavy atom. The zero-order valence-corrected chi connectivity index (χ0v) is 16.6. The van der Waals surface area contributed by atoms with Crippen LogP contribution in [0.25, 0.3) is 11.0 Å². The molecule has 0 unspecified atom stereocenters. The molecule has 0 saturated heterocycles. The Kier molecular flexibility index (Phi) is 6.67. The Labute approximate surface area is 172 Å². The molecule has 1 aromatic heterocycles. The van der Waals surface area contributed by atoms with Crippen molar-refractivity contribution in [2.24, 2.45) is 0 Å². The first-order valence-electron chi connectivity index (χ1n) is 9.22. The smallest absolute Gasteiger partial charge is 0.374 e. The van der Waals surface area contributed by atoms with Crippen LogP contribution >= 0.6 is 11.6 Å². The Morgan fingerprint density at radius 1 is 1.14 bits per heavy atom. The first-order chi connectivity index (χ1) is 14.0. The van der Waals surface area contributed by atoms with E-state index in [-0.39, 0.29) is 22.8 Å². The summed E-state index contributed by atoms with van der Waals surface area (Å²) in [6, 6.07) is 14.9. The van der Waals surface area contributed by atoms with Crippen LogP contribution < -0.4 is 10.7 Å². The second-order valence-electron chi connectivity index (χ2n) is 6.51. The summed E-state index contributed by atoms with van der Waals surface area (Å²) in [5, 5.41) is 3.51. The molecule has 0 bridgehead atoms. The summed E-state index contributed by atoms with van der Waals surface area (Å²) in [6.45, 7) is 1.55. The summed E-state index contributed by atoms with van der Waals surface area (Å²) in [4.78, 5) is 36.7. The largest absolute Gasteiger partial charge is 0.450 e. The normalized spacial score (nSPS) is 11.8. The topological polar surface area (TPSA) is 85.6 Å². The predicted octanol–water partition coefficient (Wildman–Crippen LogP) is 4.26. The number of esters is 1. The summed E-state index contributed by atoms with van der Waals surface area (Å²) in [5.41, 5.74) is 0.774. The Bertz CT molecular complexity index is 1080. The van der Waals surface area contributed by atoms with Gasteiger partial charge in [-0.15, -0.1) is 0 Å². The van der Waals surface area contributed by atoms with Crippen molar-refractivity contribution in [2.45, 2.75) is 25.8 Å². The molecule has 1 heterocycles. The molecule has 0 aliphatic rings. The second-order valence-corrected chi connectivity index (χ2v) is 6.95. The molecule has 2 aromatic carbocycles. The molecule has 29 heavy (non-hydrogen) atoms. The third kappa shape index (κ3) is 5.23. The fourth-order valence-corrected chi connectivity index (χ4v) is 3.14. The third-order valence-corrected chi connectivity index (χ3v) is 4.57. The molecule has 6 nitrogen and oxygen atoms in total. The molecule has 0 fully saturated rings. The highest BCUT2D eigenvalue weighted by atomic mass is 35.5. The van der Waals surface area contributed by atoms with Crippen LogP contribution in [0.2, 0.25) is 5.02 Å². The molecule has 1 N–H and O–H groups in total. The lowest BCUT2D eigenvalue weighted by Gasteiger charge is -2.18. The number of carbonyl (C=O) groups is 2. The van der Waals surface area contributed by atoms with Crippen molar-refractivity contribution in [1.29, 1.82) is 0 Å². The van der Waals surface area contributed by atoms with Crippen LogP contribution in [0.1, 0.15) is 41.9 Å². The Morgan fingerprint density at radius 2 is 1.90 bits per heavy atom. The standard InChI is InChI=1S/C22H20ClNO5/c1-2-6-17(14-7-4-3-5-8-14)24-21(26)13-28-22(27)20-12-18(25)16-11-15(23)9-10-19(16)29-20/h3-5,7-12,17H,2,6,13H2,1H3,(H,24,26)/t17-/m0/s1. The SMILES string of the molecule is CCC[C@H](NC(=O)COC(=O)c1cc(=O)c2cc(Cl)ccc2o1)c1ccccc1. The third-order valence-electron chi connectivity index (χ3n) is 4.34. The van der Waals surface area contributed by atoms with Gasteiger partial charge in [0.05, 0.1) is 11.4 Å². The summed E-state index contributed by atoms with van der Waals surface area (Å²) in [7, 11) is 0. The van der Waals surface area contributed by atoms with Crippen LogP contribution in [-0.4, -0.2) is 18.5 Å². The van der Waals surface area contributed by atoms with Crippen LogP contribution in [0.3, 0.4) is 0 Å². The van der Waals surface area contributed by atoms with Gasteiger partial charge < -0.3 is 14.5 Å². The molecule has 3 aromatic rings. The quantitative estimate of drug-likeness (QED) is 0.585. The number of benzene rings is 2. The van der Waals surface area contributed by atoms with Crippen LogP contribution in [0.15, 0.2) is 63.8 Å². The first kappa shape index (κ1) is 20.6. The highest BCUT2D eigenvalue weighted by molar-refractivity contribution is 6.31. The van der Waals surface area contributed by atoms with Gasteiger partial charge in [-0.05, 0) is 30.2 Å². The first-order valence-corrected chi connectivity index (χ1v) is 9.60. The van der Waals surface area contributed by atoms with E-state index in [1.165, 1.54) is 12.1 Å². The van der Waals surface area contributed by atoms with E-state index < -0.39 is 23.9 Å². The number of rotatable bonds is 7. The minimum absolute atomic E-state index is 0.171. The van der Waals surface area contributed by atoms with Gasteiger partial charge in [-0.1, -0.05) is 55.3 Å². The molecular weight excluding hydrogens is 394 g/mol. The molecule has 0 aliphatic carbocycles. The molecule has 0 saturated carbocycles. The van der Waals surface area contributed by atoms with Gasteiger partial charge in [0.1, 0.15) is 5.58 Å². The van der Waals surface area contributed by atoms with Gasteiger partial charge >= 0.3 is 5.97 Å². The predicted molar refractivity (Wildman–Crippen MR) is 110 cm³/mol. The van der Waals surface area contributed by atoms with E-state index in [2.05, 4.69) is 5.32 Å². The summed E-state index contributed by atoms with van der Waals surface area (Å²) in [5.74, 6) is -1.60. The molecule has 0 aliphatic heterocycles. The average molecular weight is 414 g/mol. The van der Waals surface area contributed by atoms with E-state index in [9.17, 15) is 14.4 Å². The lowest BCUT2D eigenvalue weighted by Crippen LogP contribution is -2.32. The number of nitrogens with one attached hydrogen (secondary N) is 1. The van der Waals surface area contributed by atoms with E-state index in [1.54, 1.807) is 6.07 Å². The minimum atomic E-state index is -0.888. The summed E-state index contributed by atoms with van der Waals surface area (Å²) >= 11 is 5.87. The lowest BCUT2D eigenvalue weighted by molar-refractivity contribution is -0.125. The second kappa shape index (κ2) is 9.39. The van der Waals surface area contributed by atoms with Crippen LogP contribution in [0.4, 0.5) is 0 Å². The van der Waals surface area contributed by atoms with Crippen molar-refractivity contribution < 1.29 is 18.7 Å². The van der Waals surface area contributed by atoms with Gasteiger partial charge in [-0.2, -0.15) is 0 Å². The van der Waals surface area contributed by atoms with Crippen LogP contribution in [0.5, 0.6) is 0 Å². The van der Waals surface area contributed by atoms with E-state index in [4.69, 9.17) is 20.8 Å². The van der Waals surface area contributed by atoms with Crippen molar-refractivity contribution in [3.05, 3.63) is 81.2 Å². The van der Waals surface area contributed by atoms with E-state index in [0.29, 0.717) is 5.02 Å². The van der Waals surface area contributed by atoms with Gasteiger partial charge in [-0.3, -0.25) is 9.59 Å². The molecule has 3 rings (SSSR count). The molecule has 7 heteroatoms. The zero-order valence-electron chi connectivity index (χ0n) is 15.8. The average Bonchev–Trinajstić information content (AvgIpc) is 2.72. The van der Waals surface area contributed by atoms with Gasteiger partial charge in [-0.25, -0.2) is 4.79 Å². The van der Waals surface area contributed by atoms with Gasteiger partial charge in [0.25, 0.3) is 5.91 Å². The highest BCUT2D eigenvalue weighted by Gasteiger charge is 2.18. The fraction of sp³-hybridized carbons (Fsp3) is 0.227. The zero-order chi connectivity index (χ0) is 20.8. The van der Waals surface area contributed by atoms with Crippen molar-refractivity contribution in [3.63, 3.8) is 0 Å². The molecule has 150 valence electrons. The summed E-state index contributed by atoms with van der Waals surface area (Å²) < 4.78 is 10.4. The lowest BCUT2D eigenvalue weighted by atomic mass is 10.0. The van der Waals surface area contributed by atoms with Crippen molar-refractivity contribution >= 4 is 34.4 Å². The van der Waals surface area contributed by atoms with Gasteiger partial charge in [0.2, 0.25) is 5.76 Å². The Hall–Kier alpha value is -3.12. The molecule has 1 amide bonds. The minimum Gasteiger partial charge on any atom is -0.450 e. The number of hydrogen-bond acceptors (Lipinski definition) is 5. The maximum absolute atomic E-state index is 12.3. The number of amides is 1. The van der Waals surface area contributed by atoms with Gasteiger partial charge in [0.15, 0.2) is 12.0 Å². The molecular formula is C22H20ClNO5. The molecule has 0 radical (unpaired) electrons. The highest BCUT2D eigenvalue weighted by Crippen LogP contribution is 2.19. The van der Waals surface area contributed by atoms with Crippen LogP contribution in [-0.2, 0) is 9.53 Å². The van der Waals surface area contributed by atoms with Crippen molar-refractivity contribution in [1.82, 2.24) is 5.32 Å². The summed E-state index contributed by atoms with van der Waals surface area (Å²) in [6.07, 6.45) is 1.64. The molecule has 0 spiro atoms. The van der Waals surface area contributed by atoms with Crippen molar-refractivity contribution in [3.8, 4) is 0 Å². The number of hydrogen-bond donors (Lipinski definition) is 1. The number of fused-ring (bicyclic) bond motifs is 1. The van der Waals surface area contributed by atoms with E-state index >= 15 is 0 Å². The van der Waals surface area contributed by atoms with Crippen LogP contribution in [0, 0.1) is 0 Å². The number of carbonyl (C=O) groups excluding carboxylic acids is 2. The molecule has 1 atom stereocenters. The van der Waals surface area contributed by atoms with E-state index in [1.807, 2.05) is 37.3 Å². The van der Waals surface area contributed by atoms with E-state index in [0.717, 1.165) is 24.5 Å².